The number of pyridine rings is 1. The summed E-state index contributed by atoms with van der Waals surface area (Å²) in [5.41, 5.74) is 0.600. The first-order chi connectivity index (χ1) is 8.79. The van der Waals surface area contributed by atoms with Crippen molar-refractivity contribution in [3.05, 3.63) is 23.9 Å². The summed E-state index contributed by atoms with van der Waals surface area (Å²) < 4.78 is 0. The number of rotatable bonds is 2. The van der Waals surface area contributed by atoms with E-state index in [4.69, 9.17) is 0 Å². The van der Waals surface area contributed by atoms with Crippen molar-refractivity contribution in [3.63, 3.8) is 0 Å². The topological polar surface area (TPSA) is 65.5 Å². The summed E-state index contributed by atoms with van der Waals surface area (Å²) in [6.07, 6.45) is 2.51. The summed E-state index contributed by atoms with van der Waals surface area (Å²) in [7, 11) is 0. The van der Waals surface area contributed by atoms with Crippen LogP contribution in [0, 0.1) is 0 Å². The lowest BCUT2D eigenvalue weighted by Crippen LogP contribution is -2.52. The lowest BCUT2D eigenvalue weighted by molar-refractivity contribution is 0.112. The highest BCUT2D eigenvalue weighted by Gasteiger charge is 2.36. The molecule has 1 atom stereocenters. The molecule has 1 unspecified atom stereocenters. The van der Waals surface area contributed by atoms with Gasteiger partial charge in [0.2, 0.25) is 0 Å². The second kappa shape index (κ2) is 4.29. The highest BCUT2D eigenvalue weighted by atomic mass is 16.2. The standard InChI is InChI=1S/C12H14N4O2/c17-8-9-2-1-3-13-11(9)15-4-5-16-10(7-15)6-14-12(16)18/h1-3,8,10H,4-7H2,(H,14,18). The zero-order valence-electron chi connectivity index (χ0n) is 9.87. The summed E-state index contributed by atoms with van der Waals surface area (Å²) in [4.78, 5) is 30.7. The van der Waals surface area contributed by atoms with Crippen LogP contribution in [0.2, 0.25) is 0 Å². The summed E-state index contributed by atoms with van der Waals surface area (Å²) in [6.45, 7) is 2.77. The van der Waals surface area contributed by atoms with E-state index in [1.54, 1.807) is 18.3 Å². The molecule has 6 heteroatoms. The zero-order valence-corrected chi connectivity index (χ0v) is 9.87. The number of aromatic nitrogens is 1. The van der Waals surface area contributed by atoms with Crippen molar-refractivity contribution in [1.29, 1.82) is 0 Å². The first-order valence-electron chi connectivity index (χ1n) is 5.99. The van der Waals surface area contributed by atoms with Crippen molar-refractivity contribution in [2.45, 2.75) is 6.04 Å². The monoisotopic (exact) mass is 246 g/mol. The maximum absolute atomic E-state index is 11.5. The number of nitrogens with one attached hydrogen (secondary N) is 1. The van der Waals surface area contributed by atoms with Crippen molar-refractivity contribution in [3.8, 4) is 0 Å². The highest BCUT2D eigenvalue weighted by Crippen LogP contribution is 2.21. The van der Waals surface area contributed by atoms with E-state index in [0.29, 0.717) is 31.0 Å². The SMILES string of the molecule is O=Cc1cccnc1N1CCN2C(=O)NCC2C1. The lowest BCUT2D eigenvalue weighted by atomic mass is 10.1. The molecule has 0 bridgehead atoms. The molecule has 94 valence electrons. The van der Waals surface area contributed by atoms with E-state index in [1.165, 1.54) is 0 Å². The predicted molar refractivity (Wildman–Crippen MR) is 65.7 cm³/mol. The van der Waals surface area contributed by atoms with Gasteiger partial charge in [-0.05, 0) is 12.1 Å². The van der Waals surface area contributed by atoms with Gasteiger partial charge in [-0.1, -0.05) is 0 Å². The number of carbonyl (C=O) groups excluding carboxylic acids is 2. The Bertz CT molecular complexity index is 491. The van der Waals surface area contributed by atoms with Crippen molar-refractivity contribution in [2.75, 3.05) is 31.1 Å². The molecule has 2 saturated heterocycles. The minimum absolute atomic E-state index is 0.0104. The molecule has 3 heterocycles. The van der Waals surface area contributed by atoms with Crippen LogP contribution in [-0.2, 0) is 0 Å². The Balaban J connectivity index is 1.82. The van der Waals surface area contributed by atoms with E-state index >= 15 is 0 Å². The molecule has 2 fully saturated rings. The van der Waals surface area contributed by atoms with Crippen molar-refractivity contribution in [1.82, 2.24) is 15.2 Å². The van der Waals surface area contributed by atoms with Crippen LogP contribution in [0.5, 0.6) is 0 Å². The first kappa shape index (κ1) is 11.0. The highest BCUT2D eigenvalue weighted by molar-refractivity contribution is 5.83. The van der Waals surface area contributed by atoms with E-state index in [-0.39, 0.29) is 12.1 Å². The van der Waals surface area contributed by atoms with Gasteiger partial charge in [0, 0.05) is 32.4 Å². The molecular weight excluding hydrogens is 232 g/mol. The zero-order chi connectivity index (χ0) is 12.5. The average Bonchev–Trinajstić information content (AvgIpc) is 2.80. The molecule has 0 aromatic carbocycles. The van der Waals surface area contributed by atoms with Crippen molar-refractivity contribution >= 4 is 18.1 Å². The molecule has 0 aliphatic carbocycles. The maximum atomic E-state index is 11.5. The third kappa shape index (κ3) is 1.70. The van der Waals surface area contributed by atoms with E-state index in [1.807, 2.05) is 4.90 Å². The van der Waals surface area contributed by atoms with E-state index in [9.17, 15) is 9.59 Å². The molecule has 2 aliphatic heterocycles. The maximum Gasteiger partial charge on any atom is 0.317 e. The molecule has 2 amide bonds. The Kier molecular flexibility index (Phi) is 2.62. The number of urea groups is 1. The Hall–Kier alpha value is -2.11. The van der Waals surface area contributed by atoms with Crippen LogP contribution in [0.1, 0.15) is 10.4 Å². The Labute approximate surface area is 105 Å². The molecule has 0 radical (unpaired) electrons. The molecule has 0 saturated carbocycles. The minimum atomic E-state index is 0.0104. The van der Waals surface area contributed by atoms with Gasteiger partial charge in [0.25, 0.3) is 0 Å². The Morgan fingerprint density at radius 2 is 2.33 bits per heavy atom. The molecule has 1 N–H and O–H groups in total. The van der Waals surface area contributed by atoms with Gasteiger partial charge < -0.3 is 15.1 Å². The number of hydrogen-bond acceptors (Lipinski definition) is 4. The number of fused-ring (bicyclic) bond motifs is 1. The van der Waals surface area contributed by atoms with E-state index < -0.39 is 0 Å². The van der Waals surface area contributed by atoms with Gasteiger partial charge in [0.15, 0.2) is 6.29 Å². The third-order valence-corrected chi connectivity index (χ3v) is 3.48. The fourth-order valence-corrected chi connectivity index (χ4v) is 2.56. The third-order valence-electron chi connectivity index (χ3n) is 3.48. The van der Waals surface area contributed by atoms with Crippen LogP contribution >= 0.6 is 0 Å². The van der Waals surface area contributed by atoms with Gasteiger partial charge in [-0.15, -0.1) is 0 Å². The fraction of sp³-hybridized carbons (Fsp3) is 0.417. The van der Waals surface area contributed by atoms with Crippen LogP contribution in [-0.4, -0.2) is 54.4 Å². The van der Waals surface area contributed by atoms with Gasteiger partial charge in [0.1, 0.15) is 5.82 Å². The molecule has 2 aliphatic rings. The number of anilines is 1. The normalized spacial score (nSPS) is 22.7. The van der Waals surface area contributed by atoms with Gasteiger partial charge >= 0.3 is 6.03 Å². The van der Waals surface area contributed by atoms with Crippen LogP contribution in [0.4, 0.5) is 10.6 Å². The predicted octanol–water partition coefficient (Wildman–Crippen LogP) is 0.108. The molecule has 3 rings (SSSR count). The van der Waals surface area contributed by atoms with Gasteiger partial charge in [-0.2, -0.15) is 0 Å². The number of nitrogens with zero attached hydrogens (tertiary/aromatic N) is 3. The number of carbonyl (C=O) groups is 2. The smallest absolute Gasteiger partial charge is 0.317 e. The Morgan fingerprint density at radius 3 is 3.17 bits per heavy atom. The van der Waals surface area contributed by atoms with E-state index in [0.717, 1.165) is 12.8 Å². The number of hydrogen-bond donors (Lipinski definition) is 1. The van der Waals surface area contributed by atoms with Crippen molar-refractivity contribution in [2.24, 2.45) is 0 Å². The second-order valence-electron chi connectivity index (χ2n) is 4.51. The van der Waals surface area contributed by atoms with Crippen molar-refractivity contribution < 1.29 is 9.59 Å². The number of piperazine rings is 1. The van der Waals surface area contributed by atoms with Gasteiger partial charge in [0.05, 0.1) is 11.6 Å². The largest absolute Gasteiger partial charge is 0.352 e. The van der Waals surface area contributed by atoms with Crippen LogP contribution in [0.15, 0.2) is 18.3 Å². The first-order valence-corrected chi connectivity index (χ1v) is 5.99. The quantitative estimate of drug-likeness (QED) is 0.752. The fourth-order valence-electron chi connectivity index (χ4n) is 2.56. The number of aldehydes is 1. The summed E-state index contributed by atoms with van der Waals surface area (Å²) in [5, 5.41) is 2.83. The molecular formula is C12H14N4O2. The van der Waals surface area contributed by atoms with E-state index in [2.05, 4.69) is 15.2 Å². The van der Waals surface area contributed by atoms with Crippen LogP contribution < -0.4 is 10.2 Å². The summed E-state index contributed by atoms with van der Waals surface area (Å²) in [5.74, 6) is 0.714. The molecule has 1 aromatic rings. The van der Waals surface area contributed by atoms with Gasteiger partial charge in [-0.3, -0.25) is 4.79 Å². The van der Waals surface area contributed by atoms with Crippen LogP contribution in [0.25, 0.3) is 0 Å². The molecule has 1 aromatic heterocycles. The molecule has 6 nitrogen and oxygen atoms in total. The minimum Gasteiger partial charge on any atom is -0.352 e. The average molecular weight is 246 g/mol. The lowest BCUT2D eigenvalue weighted by Gasteiger charge is -2.37. The summed E-state index contributed by atoms with van der Waals surface area (Å²) in [6, 6.07) is 3.70. The Morgan fingerprint density at radius 1 is 1.44 bits per heavy atom. The molecule has 18 heavy (non-hydrogen) atoms. The second-order valence-corrected chi connectivity index (χ2v) is 4.51. The van der Waals surface area contributed by atoms with Crippen LogP contribution in [0.3, 0.4) is 0 Å². The van der Waals surface area contributed by atoms with Gasteiger partial charge in [-0.25, -0.2) is 9.78 Å². The molecule has 0 spiro atoms. The number of amides is 2. The summed E-state index contributed by atoms with van der Waals surface area (Å²) >= 11 is 0.